The number of esters is 1. The predicted molar refractivity (Wildman–Crippen MR) is 120 cm³/mol. The van der Waals surface area contributed by atoms with Crippen LogP contribution in [-0.2, 0) is 6.18 Å². The number of alkyl halides is 3. The summed E-state index contributed by atoms with van der Waals surface area (Å²) >= 11 is 3.17. The maximum Gasteiger partial charge on any atom is 0.453 e. The van der Waals surface area contributed by atoms with Crippen molar-refractivity contribution in [2.75, 3.05) is 7.11 Å². The molecule has 0 aliphatic rings. The van der Waals surface area contributed by atoms with E-state index in [0.717, 1.165) is 6.07 Å². The molecule has 0 fully saturated rings. The van der Waals surface area contributed by atoms with Gasteiger partial charge in [-0.3, -0.25) is 4.79 Å². The third-order valence-electron chi connectivity index (χ3n) is 4.64. The highest BCUT2D eigenvalue weighted by Gasteiger charge is 2.40. The molecule has 34 heavy (non-hydrogen) atoms. The maximum atomic E-state index is 13.7. The Balaban J connectivity index is 1.75. The first kappa shape index (κ1) is 23.4. The monoisotopic (exact) mass is 534 g/mol. The summed E-state index contributed by atoms with van der Waals surface area (Å²) in [4.78, 5) is 25.3. The fourth-order valence-electron chi connectivity index (χ4n) is 3.05. The number of para-hydroxylation sites is 1. The summed E-state index contributed by atoms with van der Waals surface area (Å²) in [5, 5.41) is -0.184. The number of halogens is 4. The topological polar surface area (TPSA) is 75.0 Å². The highest BCUT2D eigenvalue weighted by Crippen LogP contribution is 2.40. The molecule has 0 saturated carbocycles. The Hall–Kier alpha value is -3.79. The Morgan fingerprint density at radius 2 is 1.74 bits per heavy atom. The molecule has 0 amide bonds. The SMILES string of the molecule is COc1cccc(C(=O)Oc2ccc3c(=O)c(Oc4ccccc4Br)c(C(F)(F)F)oc3c2)c1. The van der Waals surface area contributed by atoms with Crippen molar-refractivity contribution in [2.45, 2.75) is 6.18 Å². The minimum atomic E-state index is -5.03. The lowest BCUT2D eigenvalue weighted by atomic mass is 10.2. The van der Waals surface area contributed by atoms with Gasteiger partial charge in [-0.15, -0.1) is 0 Å². The first-order chi connectivity index (χ1) is 16.2. The lowest BCUT2D eigenvalue weighted by molar-refractivity contribution is -0.154. The third-order valence-corrected chi connectivity index (χ3v) is 5.30. The number of fused-ring (bicyclic) bond motifs is 1. The predicted octanol–water partition coefficient (Wildman–Crippen LogP) is 6.59. The molecule has 1 aromatic heterocycles. The molecule has 6 nitrogen and oxygen atoms in total. The van der Waals surface area contributed by atoms with E-state index in [1.165, 1.54) is 37.4 Å². The zero-order valence-electron chi connectivity index (χ0n) is 17.3. The maximum absolute atomic E-state index is 13.7. The molecule has 0 radical (unpaired) electrons. The first-order valence-electron chi connectivity index (χ1n) is 9.64. The fraction of sp³-hybridized carbons (Fsp3) is 0.0833. The van der Waals surface area contributed by atoms with Gasteiger partial charge in [0.15, 0.2) is 0 Å². The van der Waals surface area contributed by atoms with E-state index in [4.69, 9.17) is 18.6 Å². The number of carbonyl (C=O) groups excluding carboxylic acids is 1. The molecule has 0 N–H and O–H groups in total. The number of benzene rings is 3. The lowest BCUT2D eigenvalue weighted by Crippen LogP contribution is -2.16. The molecule has 174 valence electrons. The largest absolute Gasteiger partial charge is 0.497 e. The van der Waals surface area contributed by atoms with Crippen LogP contribution in [0.2, 0.25) is 0 Å². The van der Waals surface area contributed by atoms with E-state index in [0.29, 0.717) is 10.2 Å². The van der Waals surface area contributed by atoms with Gasteiger partial charge in [-0.1, -0.05) is 18.2 Å². The van der Waals surface area contributed by atoms with Crippen molar-refractivity contribution in [3.8, 4) is 23.0 Å². The van der Waals surface area contributed by atoms with Gasteiger partial charge in [0.25, 0.3) is 5.76 Å². The molecule has 4 rings (SSSR count). The van der Waals surface area contributed by atoms with Crippen LogP contribution in [0.15, 0.2) is 80.4 Å². The number of ether oxygens (including phenoxy) is 3. The Labute approximate surface area is 198 Å². The summed E-state index contributed by atoms with van der Waals surface area (Å²) in [5.74, 6) is -3.08. The van der Waals surface area contributed by atoms with Crippen LogP contribution in [0.4, 0.5) is 13.2 Å². The molecular weight excluding hydrogens is 521 g/mol. The summed E-state index contributed by atoms with van der Waals surface area (Å²) in [6, 6.07) is 15.8. The van der Waals surface area contributed by atoms with Gasteiger partial charge in [0.1, 0.15) is 22.8 Å². The molecule has 0 atom stereocenters. The second-order valence-electron chi connectivity index (χ2n) is 6.90. The van der Waals surface area contributed by atoms with Crippen molar-refractivity contribution >= 4 is 32.9 Å². The van der Waals surface area contributed by atoms with Crippen molar-refractivity contribution < 1.29 is 36.6 Å². The quantitative estimate of drug-likeness (QED) is 0.212. The van der Waals surface area contributed by atoms with E-state index in [1.807, 2.05) is 0 Å². The summed E-state index contributed by atoms with van der Waals surface area (Å²) in [7, 11) is 1.43. The minimum Gasteiger partial charge on any atom is -0.497 e. The molecule has 3 aromatic carbocycles. The Kier molecular flexibility index (Phi) is 6.34. The van der Waals surface area contributed by atoms with Crippen LogP contribution in [0.3, 0.4) is 0 Å². The van der Waals surface area contributed by atoms with Gasteiger partial charge in [-0.25, -0.2) is 4.79 Å². The second kappa shape index (κ2) is 9.22. The van der Waals surface area contributed by atoms with E-state index in [1.54, 1.807) is 30.3 Å². The minimum absolute atomic E-state index is 0.00323. The number of hydrogen-bond donors (Lipinski definition) is 0. The van der Waals surface area contributed by atoms with Gasteiger partial charge in [-0.2, -0.15) is 13.2 Å². The Morgan fingerprint density at radius 1 is 0.971 bits per heavy atom. The van der Waals surface area contributed by atoms with Crippen LogP contribution in [0.5, 0.6) is 23.0 Å². The zero-order chi connectivity index (χ0) is 24.5. The van der Waals surface area contributed by atoms with Crippen molar-refractivity contribution in [3.05, 3.63) is 92.7 Å². The van der Waals surface area contributed by atoms with Crippen molar-refractivity contribution in [3.63, 3.8) is 0 Å². The van der Waals surface area contributed by atoms with E-state index in [-0.39, 0.29) is 22.4 Å². The van der Waals surface area contributed by atoms with Gasteiger partial charge in [-0.05, 0) is 58.4 Å². The summed E-state index contributed by atoms with van der Waals surface area (Å²) in [6.07, 6.45) is -5.03. The van der Waals surface area contributed by atoms with Crippen LogP contribution < -0.4 is 19.6 Å². The van der Waals surface area contributed by atoms with Crippen molar-refractivity contribution in [2.24, 2.45) is 0 Å². The van der Waals surface area contributed by atoms with Gasteiger partial charge in [0.05, 0.1) is 22.5 Å². The van der Waals surface area contributed by atoms with Gasteiger partial charge in [0, 0.05) is 6.07 Å². The normalized spacial score (nSPS) is 11.3. The standard InChI is InChI=1S/C24H14BrF3O6/c1-31-14-6-4-5-13(11-14)23(30)32-15-9-10-16-19(12-15)34-22(24(26,27)28)21(20(16)29)33-18-8-3-2-7-17(18)25/h2-12H,1H3. The highest BCUT2D eigenvalue weighted by molar-refractivity contribution is 9.10. The molecule has 0 aliphatic carbocycles. The third kappa shape index (κ3) is 4.76. The Morgan fingerprint density at radius 3 is 2.44 bits per heavy atom. The van der Waals surface area contributed by atoms with E-state index in [9.17, 15) is 22.8 Å². The number of methoxy groups -OCH3 is 1. The summed E-state index contributed by atoms with van der Waals surface area (Å²) in [5.41, 5.74) is -1.29. The number of carbonyl (C=O) groups is 1. The molecule has 0 unspecified atom stereocenters. The second-order valence-corrected chi connectivity index (χ2v) is 7.75. The van der Waals surface area contributed by atoms with E-state index >= 15 is 0 Å². The molecule has 0 aliphatic heterocycles. The molecular formula is C24H14BrF3O6. The van der Waals surface area contributed by atoms with Crippen LogP contribution in [0.1, 0.15) is 16.1 Å². The molecule has 1 heterocycles. The Bertz CT molecular complexity index is 1450. The lowest BCUT2D eigenvalue weighted by Gasteiger charge is -2.14. The zero-order valence-corrected chi connectivity index (χ0v) is 18.9. The summed E-state index contributed by atoms with van der Waals surface area (Å²) < 4.78 is 62.2. The van der Waals surface area contributed by atoms with Crippen LogP contribution in [0, 0.1) is 0 Å². The van der Waals surface area contributed by atoms with Gasteiger partial charge in [0.2, 0.25) is 11.2 Å². The molecule has 0 spiro atoms. The van der Waals surface area contributed by atoms with Crippen LogP contribution in [-0.4, -0.2) is 13.1 Å². The van der Waals surface area contributed by atoms with E-state index in [2.05, 4.69) is 15.9 Å². The van der Waals surface area contributed by atoms with Gasteiger partial charge < -0.3 is 18.6 Å². The van der Waals surface area contributed by atoms with Crippen molar-refractivity contribution in [1.29, 1.82) is 0 Å². The van der Waals surface area contributed by atoms with Crippen LogP contribution in [0.25, 0.3) is 11.0 Å². The first-order valence-corrected chi connectivity index (χ1v) is 10.4. The molecule has 0 saturated heterocycles. The van der Waals surface area contributed by atoms with Crippen LogP contribution >= 0.6 is 15.9 Å². The highest BCUT2D eigenvalue weighted by atomic mass is 79.9. The number of hydrogen-bond acceptors (Lipinski definition) is 6. The average Bonchev–Trinajstić information content (AvgIpc) is 2.81. The summed E-state index contributed by atoms with van der Waals surface area (Å²) in [6.45, 7) is 0. The smallest absolute Gasteiger partial charge is 0.453 e. The molecule has 10 heteroatoms. The average molecular weight is 535 g/mol. The van der Waals surface area contributed by atoms with Gasteiger partial charge >= 0.3 is 12.1 Å². The van der Waals surface area contributed by atoms with E-state index < -0.39 is 34.7 Å². The number of rotatable bonds is 5. The molecule has 0 bridgehead atoms. The van der Waals surface area contributed by atoms with Crippen molar-refractivity contribution in [1.82, 2.24) is 0 Å². The molecule has 4 aromatic rings. The fourth-order valence-corrected chi connectivity index (χ4v) is 3.42.